The molecule has 1 saturated heterocycles. The molecular formula is C27H27FN2O4. The highest BCUT2D eigenvalue weighted by Gasteiger charge is 2.42. The second kappa shape index (κ2) is 10.4. The van der Waals surface area contributed by atoms with Crippen molar-refractivity contribution >= 4 is 11.8 Å². The molecule has 4 rings (SSSR count). The van der Waals surface area contributed by atoms with Crippen molar-refractivity contribution in [3.63, 3.8) is 0 Å². The molecule has 0 saturated carbocycles. The number of amides is 2. The number of nitrogens with zero attached hydrogens (tertiary/aromatic N) is 1. The van der Waals surface area contributed by atoms with Gasteiger partial charge in [-0.2, -0.15) is 0 Å². The van der Waals surface area contributed by atoms with Gasteiger partial charge in [-0.3, -0.25) is 9.59 Å². The fraction of sp³-hybridized carbons (Fsp3) is 0.259. The molecule has 2 amide bonds. The van der Waals surface area contributed by atoms with E-state index >= 15 is 0 Å². The van der Waals surface area contributed by atoms with Gasteiger partial charge >= 0.3 is 0 Å². The number of rotatable bonds is 7. The lowest BCUT2D eigenvalue weighted by molar-refractivity contribution is -0.125. The van der Waals surface area contributed by atoms with E-state index in [1.807, 2.05) is 36.4 Å². The molecule has 2 atom stereocenters. The molecular weight excluding hydrogens is 435 g/mol. The third-order valence-corrected chi connectivity index (χ3v) is 6.20. The normalized spacial score (nSPS) is 17.3. The average Bonchev–Trinajstić information content (AvgIpc) is 3.32. The number of carbonyl (C=O) groups excluding carboxylic acids is 2. The van der Waals surface area contributed by atoms with Crippen LogP contribution in [0.25, 0.3) is 0 Å². The van der Waals surface area contributed by atoms with Crippen LogP contribution in [-0.2, 0) is 11.3 Å². The molecule has 1 N–H and O–H groups in total. The number of likely N-dealkylation sites (tertiary alicyclic amines) is 1. The Balaban J connectivity index is 1.62. The third-order valence-electron chi connectivity index (χ3n) is 6.20. The molecule has 7 heteroatoms. The Labute approximate surface area is 198 Å². The summed E-state index contributed by atoms with van der Waals surface area (Å²) in [7, 11) is 3.12. The molecule has 3 aromatic carbocycles. The Hall–Kier alpha value is -3.87. The second-order valence-electron chi connectivity index (χ2n) is 8.21. The van der Waals surface area contributed by atoms with Gasteiger partial charge in [-0.05, 0) is 23.8 Å². The quantitative estimate of drug-likeness (QED) is 0.576. The maximum Gasteiger partial charge on any atom is 0.256 e. The maximum atomic E-state index is 14.3. The van der Waals surface area contributed by atoms with Crippen LogP contribution in [0.2, 0.25) is 0 Å². The maximum absolute atomic E-state index is 14.3. The van der Waals surface area contributed by atoms with Crippen molar-refractivity contribution in [1.82, 2.24) is 10.2 Å². The Morgan fingerprint density at radius 2 is 1.71 bits per heavy atom. The predicted octanol–water partition coefficient (Wildman–Crippen LogP) is 4.02. The van der Waals surface area contributed by atoms with Crippen molar-refractivity contribution in [2.75, 3.05) is 27.3 Å². The smallest absolute Gasteiger partial charge is 0.256 e. The molecule has 1 fully saturated rings. The molecule has 1 aliphatic rings. The van der Waals surface area contributed by atoms with Crippen LogP contribution < -0.4 is 14.8 Å². The predicted molar refractivity (Wildman–Crippen MR) is 126 cm³/mol. The first kappa shape index (κ1) is 23.3. The topological polar surface area (TPSA) is 67.9 Å². The van der Waals surface area contributed by atoms with Crippen LogP contribution in [0.3, 0.4) is 0 Å². The Morgan fingerprint density at radius 1 is 0.971 bits per heavy atom. The van der Waals surface area contributed by atoms with Crippen molar-refractivity contribution < 1.29 is 23.5 Å². The summed E-state index contributed by atoms with van der Waals surface area (Å²) in [5, 5.41) is 2.99. The molecule has 0 aliphatic carbocycles. The number of hydrogen-bond acceptors (Lipinski definition) is 4. The number of carbonyl (C=O) groups is 2. The molecule has 3 aromatic rings. The van der Waals surface area contributed by atoms with Gasteiger partial charge in [-0.25, -0.2) is 4.39 Å². The largest absolute Gasteiger partial charge is 0.497 e. The first-order chi connectivity index (χ1) is 16.5. The van der Waals surface area contributed by atoms with E-state index in [1.54, 1.807) is 43.4 Å². The first-order valence-electron chi connectivity index (χ1n) is 11.1. The number of methoxy groups -OCH3 is 2. The molecule has 0 radical (unpaired) electrons. The Bertz CT molecular complexity index is 1170. The van der Waals surface area contributed by atoms with Gasteiger partial charge in [0, 0.05) is 37.2 Å². The van der Waals surface area contributed by atoms with Crippen molar-refractivity contribution in [2.45, 2.75) is 12.5 Å². The molecule has 176 valence electrons. The van der Waals surface area contributed by atoms with Gasteiger partial charge in [-0.15, -0.1) is 0 Å². The summed E-state index contributed by atoms with van der Waals surface area (Å²) in [6.45, 7) is 0.816. The van der Waals surface area contributed by atoms with Crippen LogP contribution in [-0.4, -0.2) is 44.0 Å². The highest BCUT2D eigenvalue weighted by Crippen LogP contribution is 2.40. The van der Waals surface area contributed by atoms with Gasteiger partial charge in [0.2, 0.25) is 5.91 Å². The van der Waals surface area contributed by atoms with Gasteiger partial charge in [-0.1, -0.05) is 48.5 Å². The van der Waals surface area contributed by atoms with E-state index in [0.717, 1.165) is 11.1 Å². The van der Waals surface area contributed by atoms with Crippen molar-refractivity contribution in [3.8, 4) is 11.5 Å². The van der Waals surface area contributed by atoms with Gasteiger partial charge in [0.25, 0.3) is 5.91 Å². The van der Waals surface area contributed by atoms with E-state index in [2.05, 4.69) is 5.32 Å². The minimum absolute atomic E-state index is 0.00621. The zero-order chi connectivity index (χ0) is 24.1. The van der Waals surface area contributed by atoms with E-state index in [1.165, 1.54) is 12.1 Å². The van der Waals surface area contributed by atoms with E-state index < -0.39 is 17.6 Å². The summed E-state index contributed by atoms with van der Waals surface area (Å²) in [5.41, 5.74) is 1.77. The first-order valence-corrected chi connectivity index (χ1v) is 11.1. The summed E-state index contributed by atoms with van der Waals surface area (Å²) in [4.78, 5) is 28.0. The summed E-state index contributed by atoms with van der Waals surface area (Å²) < 4.78 is 25.2. The van der Waals surface area contributed by atoms with Crippen LogP contribution >= 0.6 is 0 Å². The zero-order valence-electron chi connectivity index (χ0n) is 19.2. The fourth-order valence-corrected chi connectivity index (χ4v) is 4.40. The van der Waals surface area contributed by atoms with Crippen molar-refractivity contribution in [3.05, 3.63) is 95.3 Å². The molecule has 0 spiro atoms. The molecule has 0 unspecified atom stereocenters. The highest BCUT2D eigenvalue weighted by molar-refractivity contribution is 5.95. The SMILES string of the molecule is COc1ccc([C@@H]2CN(C(=O)c3ccccc3F)C[C@H]2C(=O)NCc2ccccc2)c(OC)c1. The minimum atomic E-state index is -0.581. The standard InChI is InChI=1S/C27H27FN2O4/c1-33-19-12-13-20(25(14-19)34-2)22-16-30(27(32)21-10-6-7-11-24(21)28)17-23(22)26(31)29-15-18-8-4-3-5-9-18/h3-14,22-23H,15-17H2,1-2H3,(H,29,31)/t22-,23+/m0/s1. The van der Waals surface area contributed by atoms with Crippen LogP contribution in [0.1, 0.15) is 27.4 Å². The van der Waals surface area contributed by atoms with Gasteiger partial charge in [0.15, 0.2) is 0 Å². The number of hydrogen-bond donors (Lipinski definition) is 1. The number of ether oxygens (including phenoxy) is 2. The minimum Gasteiger partial charge on any atom is -0.497 e. The van der Waals surface area contributed by atoms with Gasteiger partial charge < -0.3 is 19.7 Å². The second-order valence-corrected chi connectivity index (χ2v) is 8.21. The van der Waals surface area contributed by atoms with Gasteiger partial charge in [0.05, 0.1) is 25.7 Å². The lowest BCUT2D eigenvalue weighted by Gasteiger charge is -2.21. The lowest BCUT2D eigenvalue weighted by Crippen LogP contribution is -2.35. The Morgan fingerprint density at radius 3 is 2.41 bits per heavy atom. The van der Waals surface area contributed by atoms with E-state index in [-0.39, 0.29) is 30.5 Å². The highest BCUT2D eigenvalue weighted by atomic mass is 19.1. The third kappa shape index (κ3) is 4.88. The van der Waals surface area contributed by atoms with Crippen LogP contribution in [0, 0.1) is 11.7 Å². The van der Waals surface area contributed by atoms with Crippen molar-refractivity contribution in [1.29, 1.82) is 0 Å². The lowest BCUT2D eigenvalue weighted by atomic mass is 9.87. The number of halogens is 1. The number of nitrogens with one attached hydrogen (secondary N) is 1. The monoisotopic (exact) mass is 462 g/mol. The van der Waals surface area contributed by atoms with E-state index in [0.29, 0.717) is 18.0 Å². The average molecular weight is 463 g/mol. The van der Waals surface area contributed by atoms with Crippen LogP contribution in [0.15, 0.2) is 72.8 Å². The summed E-state index contributed by atoms with van der Waals surface area (Å²) in [6, 6.07) is 20.9. The fourth-order valence-electron chi connectivity index (χ4n) is 4.40. The van der Waals surface area contributed by atoms with Gasteiger partial charge in [0.1, 0.15) is 17.3 Å². The van der Waals surface area contributed by atoms with Crippen LogP contribution in [0.4, 0.5) is 4.39 Å². The molecule has 0 aromatic heterocycles. The van der Waals surface area contributed by atoms with E-state index in [4.69, 9.17) is 9.47 Å². The summed E-state index contributed by atoms with van der Waals surface area (Å²) >= 11 is 0. The zero-order valence-corrected chi connectivity index (χ0v) is 19.2. The Kier molecular flexibility index (Phi) is 7.11. The summed E-state index contributed by atoms with van der Waals surface area (Å²) in [6.07, 6.45) is 0. The number of benzene rings is 3. The molecule has 1 heterocycles. The molecule has 1 aliphatic heterocycles. The summed E-state index contributed by atoms with van der Waals surface area (Å²) in [5.74, 6) is -0.838. The molecule has 0 bridgehead atoms. The van der Waals surface area contributed by atoms with E-state index in [9.17, 15) is 14.0 Å². The molecule has 6 nitrogen and oxygen atoms in total. The van der Waals surface area contributed by atoms with Crippen LogP contribution in [0.5, 0.6) is 11.5 Å². The molecule has 34 heavy (non-hydrogen) atoms. The van der Waals surface area contributed by atoms with Crippen molar-refractivity contribution in [2.24, 2.45) is 5.92 Å².